The fourth-order valence-corrected chi connectivity index (χ4v) is 2.36. The van der Waals surface area contributed by atoms with Gasteiger partial charge in [-0.1, -0.05) is 0 Å². The Labute approximate surface area is 111 Å². The zero-order chi connectivity index (χ0) is 13.8. The van der Waals surface area contributed by atoms with Gasteiger partial charge in [-0.15, -0.1) is 0 Å². The summed E-state index contributed by atoms with van der Waals surface area (Å²) in [6, 6.07) is 3.00. The van der Waals surface area contributed by atoms with Gasteiger partial charge in [0.05, 0.1) is 19.2 Å². The number of likely N-dealkylation sites (N-methyl/N-ethyl adjacent to an activating group) is 1. The van der Waals surface area contributed by atoms with Gasteiger partial charge < -0.3 is 14.4 Å². The lowest BCUT2D eigenvalue weighted by atomic mass is 10.1. The predicted octanol–water partition coefficient (Wildman–Crippen LogP) is 0.787. The summed E-state index contributed by atoms with van der Waals surface area (Å²) in [6.45, 7) is 1.81. The normalized spacial score (nSPS) is 21.4. The molecule has 1 N–H and O–H groups in total. The molecule has 1 saturated heterocycles. The van der Waals surface area contributed by atoms with Crippen molar-refractivity contribution in [2.24, 2.45) is 0 Å². The molecular formula is C13H18N2O4. The van der Waals surface area contributed by atoms with Gasteiger partial charge in [-0.25, -0.2) is 0 Å². The fraction of sp³-hybridized carbons (Fsp3) is 0.538. The smallest absolute Gasteiger partial charge is 0.305 e. The van der Waals surface area contributed by atoms with Gasteiger partial charge in [0.1, 0.15) is 11.8 Å². The molecule has 0 spiro atoms. The van der Waals surface area contributed by atoms with E-state index in [0.29, 0.717) is 19.6 Å². The van der Waals surface area contributed by atoms with Gasteiger partial charge in [0.2, 0.25) is 5.91 Å². The quantitative estimate of drug-likeness (QED) is 0.872. The number of furan rings is 1. The van der Waals surface area contributed by atoms with Crippen LogP contribution < -0.4 is 0 Å². The van der Waals surface area contributed by atoms with Crippen LogP contribution in [0.15, 0.2) is 22.8 Å². The molecule has 1 aromatic heterocycles. The number of aliphatic carboxylic acids is 1. The van der Waals surface area contributed by atoms with Crippen LogP contribution in [-0.2, 0) is 16.1 Å². The molecule has 2 heterocycles. The summed E-state index contributed by atoms with van der Waals surface area (Å²) >= 11 is 0. The minimum atomic E-state index is -0.960. The predicted molar refractivity (Wildman–Crippen MR) is 67.4 cm³/mol. The van der Waals surface area contributed by atoms with E-state index in [-0.39, 0.29) is 12.3 Å². The summed E-state index contributed by atoms with van der Waals surface area (Å²) in [4.78, 5) is 26.7. The van der Waals surface area contributed by atoms with Crippen molar-refractivity contribution < 1.29 is 19.1 Å². The molecule has 104 valence electrons. The van der Waals surface area contributed by atoms with Crippen LogP contribution in [0, 0.1) is 0 Å². The molecule has 0 aliphatic carbocycles. The van der Waals surface area contributed by atoms with Crippen molar-refractivity contribution in [2.75, 3.05) is 20.1 Å². The Morgan fingerprint density at radius 3 is 2.95 bits per heavy atom. The Bertz CT molecular complexity index is 444. The third kappa shape index (κ3) is 3.35. The number of carboxylic acid groups (broad SMARTS) is 1. The number of carbonyl (C=O) groups excluding carboxylic acids is 1. The average Bonchev–Trinajstić information content (AvgIpc) is 2.82. The number of hydrogen-bond donors (Lipinski definition) is 1. The Hall–Kier alpha value is -1.82. The molecule has 19 heavy (non-hydrogen) atoms. The highest BCUT2D eigenvalue weighted by Crippen LogP contribution is 2.17. The molecule has 1 aliphatic heterocycles. The molecular weight excluding hydrogens is 248 g/mol. The van der Waals surface area contributed by atoms with E-state index < -0.39 is 12.0 Å². The molecule has 1 aromatic rings. The van der Waals surface area contributed by atoms with Crippen LogP contribution in [0.25, 0.3) is 0 Å². The lowest BCUT2D eigenvalue weighted by Crippen LogP contribution is -2.45. The first-order valence-corrected chi connectivity index (χ1v) is 6.31. The maximum Gasteiger partial charge on any atom is 0.305 e. The lowest BCUT2D eigenvalue weighted by molar-refractivity contribution is -0.144. The maximum absolute atomic E-state index is 12.2. The van der Waals surface area contributed by atoms with E-state index in [2.05, 4.69) is 0 Å². The van der Waals surface area contributed by atoms with Gasteiger partial charge in [-0.3, -0.25) is 14.5 Å². The second kappa shape index (κ2) is 5.88. The minimum Gasteiger partial charge on any atom is -0.481 e. The Morgan fingerprint density at radius 2 is 2.32 bits per heavy atom. The van der Waals surface area contributed by atoms with Crippen LogP contribution in [0.1, 0.15) is 18.6 Å². The number of carboxylic acids is 1. The molecule has 0 aromatic carbocycles. The maximum atomic E-state index is 12.2. The molecule has 6 nitrogen and oxygen atoms in total. The molecule has 1 aliphatic rings. The molecule has 0 saturated carbocycles. The first-order chi connectivity index (χ1) is 9.08. The van der Waals surface area contributed by atoms with E-state index in [4.69, 9.17) is 9.52 Å². The molecule has 1 amide bonds. The monoisotopic (exact) mass is 266 g/mol. The summed E-state index contributed by atoms with van der Waals surface area (Å²) in [5.41, 5.74) is 0. The molecule has 6 heteroatoms. The van der Waals surface area contributed by atoms with Crippen molar-refractivity contribution in [3.05, 3.63) is 24.2 Å². The first-order valence-electron chi connectivity index (χ1n) is 6.31. The highest BCUT2D eigenvalue weighted by molar-refractivity contribution is 5.86. The summed E-state index contributed by atoms with van der Waals surface area (Å²) < 4.78 is 5.28. The lowest BCUT2D eigenvalue weighted by Gasteiger charge is -2.27. The second-order valence-corrected chi connectivity index (χ2v) is 4.78. The van der Waals surface area contributed by atoms with Crippen LogP contribution in [0.3, 0.4) is 0 Å². The summed E-state index contributed by atoms with van der Waals surface area (Å²) in [5, 5.41) is 8.98. The van der Waals surface area contributed by atoms with Gasteiger partial charge in [-0.2, -0.15) is 0 Å². The minimum absolute atomic E-state index is 0.133. The van der Waals surface area contributed by atoms with Gasteiger partial charge in [0, 0.05) is 20.1 Å². The molecule has 1 fully saturated rings. The fourth-order valence-electron chi connectivity index (χ4n) is 2.36. The van der Waals surface area contributed by atoms with E-state index in [1.807, 2.05) is 11.0 Å². The van der Waals surface area contributed by atoms with Crippen LogP contribution in [0.4, 0.5) is 0 Å². The van der Waals surface area contributed by atoms with E-state index in [1.54, 1.807) is 24.3 Å². The Morgan fingerprint density at radius 1 is 1.53 bits per heavy atom. The van der Waals surface area contributed by atoms with Gasteiger partial charge >= 0.3 is 5.97 Å². The molecule has 2 rings (SSSR count). The average molecular weight is 266 g/mol. The number of hydrogen-bond acceptors (Lipinski definition) is 4. The van der Waals surface area contributed by atoms with Crippen LogP contribution >= 0.6 is 0 Å². The van der Waals surface area contributed by atoms with Crippen molar-refractivity contribution in [2.45, 2.75) is 25.4 Å². The van der Waals surface area contributed by atoms with Crippen molar-refractivity contribution >= 4 is 11.9 Å². The van der Waals surface area contributed by atoms with Crippen molar-refractivity contribution in [3.8, 4) is 0 Å². The number of rotatable bonds is 4. The van der Waals surface area contributed by atoms with E-state index in [9.17, 15) is 9.59 Å². The van der Waals surface area contributed by atoms with Crippen LogP contribution in [0.5, 0.6) is 0 Å². The standard InChI is InChI=1S/C13H18N2O4/c1-14-5-3-6-15(9-10-4-2-7-19-10)11(13(14)18)8-12(16)17/h2,4,7,11H,3,5-6,8-9H2,1H3,(H,16,17). The van der Waals surface area contributed by atoms with Gasteiger partial charge in [0.15, 0.2) is 0 Å². The van der Waals surface area contributed by atoms with Crippen molar-refractivity contribution in [1.82, 2.24) is 9.80 Å². The number of amides is 1. The highest BCUT2D eigenvalue weighted by atomic mass is 16.4. The summed E-state index contributed by atoms with van der Waals surface area (Å²) in [5.74, 6) is -0.350. The summed E-state index contributed by atoms with van der Waals surface area (Å²) in [6.07, 6.45) is 2.23. The SMILES string of the molecule is CN1CCCN(Cc2ccco2)C(CC(=O)O)C1=O. The first kappa shape index (κ1) is 13.6. The molecule has 0 bridgehead atoms. The van der Waals surface area contributed by atoms with E-state index >= 15 is 0 Å². The second-order valence-electron chi connectivity index (χ2n) is 4.78. The van der Waals surface area contributed by atoms with Gasteiger partial charge in [0.25, 0.3) is 0 Å². The zero-order valence-electron chi connectivity index (χ0n) is 10.9. The van der Waals surface area contributed by atoms with Crippen LogP contribution in [0.2, 0.25) is 0 Å². The largest absolute Gasteiger partial charge is 0.481 e. The van der Waals surface area contributed by atoms with Crippen molar-refractivity contribution in [1.29, 1.82) is 0 Å². The zero-order valence-corrected chi connectivity index (χ0v) is 10.9. The van der Waals surface area contributed by atoms with E-state index in [1.165, 1.54) is 0 Å². The molecule has 0 radical (unpaired) electrons. The molecule has 1 atom stereocenters. The summed E-state index contributed by atoms with van der Waals surface area (Å²) in [7, 11) is 1.72. The third-order valence-electron chi connectivity index (χ3n) is 3.35. The Kier molecular flexibility index (Phi) is 4.21. The highest BCUT2D eigenvalue weighted by Gasteiger charge is 2.33. The van der Waals surface area contributed by atoms with Crippen molar-refractivity contribution in [3.63, 3.8) is 0 Å². The number of carbonyl (C=O) groups is 2. The Balaban J connectivity index is 2.16. The van der Waals surface area contributed by atoms with Crippen LogP contribution in [-0.4, -0.2) is 53.0 Å². The van der Waals surface area contributed by atoms with E-state index in [0.717, 1.165) is 12.2 Å². The number of nitrogens with zero attached hydrogens (tertiary/aromatic N) is 2. The topological polar surface area (TPSA) is 74.0 Å². The van der Waals surface area contributed by atoms with Gasteiger partial charge in [-0.05, 0) is 18.6 Å². The molecule has 1 unspecified atom stereocenters. The third-order valence-corrected chi connectivity index (χ3v) is 3.35.